The van der Waals surface area contributed by atoms with Crippen molar-refractivity contribution in [3.05, 3.63) is 36.2 Å². The van der Waals surface area contributed by atoms with Gasteiger partial charge in [-0.25, -0.2) is 9.78 Å². The fraction of sp³-hybridized carbons (Fsp3) is 0.231. The minimum Gasteiger partial charge on any atom is -0.478 e. The van der Waals surface area contributed by atoms with Gasteiger partial charge < -0.3 is 10.0 Å². The standard InChI is InChI=1S/C13H15N3O2/c1-3-15(2)13-10(7-8-12(17)18)16-9-5-4-6-11(16)14-13/h4-9H,3H2,1-2H3,(H,17,18)/b8-7+. The topological polar surface area (TPSA) is 57.8 Å². The largest absolute Gasteiger partial charge is 0.478 e. The molecular weight excluding hydrogens is 230 g/mol. The maximum atomic E-state index is 10.7. The van der Waals surface area contributed by atoms with E-state index in [9.17, 15) is 4.79 Å². The molecule has 2 aromatic rings. The molecule has 0 aliphatic carbocycles. The monoisotopic (exact) mass is 245 g/mol. The van der Waals surface area contributed by atoms with Gasteiger partial charge in [-0.05, 0) is 25.1 Å². The van der Waals surface area contributed by atoms with Crippen LogP contribution in [0.3, 0.4) is 0 Å². The van der Waals surface area contributed by atoms with Crippen molar-refractivity contribution < 1.29 is 9.90 Å². The highest BCUT2D eigenvalue weighted by molar-refractivity contribution is 5.86. The van der Waals surface area contributed by atoms with E-state index in [0.717, 1.165) is 29.8 Å². The van der Waals surface area contributed by atoms with E-state index in [-0.39, 0.29) is 0 Å². The molecule has 0 aliphatic rings. The van der Waals surface area contributed by atoms with Gasteiger partial charge in [0.2, 0.25) is 0 Å². The van der Waals surface area contributed by atoms with Gasteiger partial charge in [-0.2, -0.15) is 0 Å². The third-order valence-corrected chi connectivity index (χ3v) is 2.77. The number of anilines is 1. The van der Waals surface area contributed by atoms with Gasteiger partial charge in [0.15, 0.2) is 5.82 Å². The first-order chi connectivity index (χ1) is 8.63. The molecule has 0 fully saturated rings. The predicted molar refractivity (Wildman–Crippen MR) is 70.8 cm³/mol. The molecule has 0 aromatic carbocycles. The number of aromatic nitrogens is 2. The second kappa shape index (κ2) is 4.91. The van der Waals surface area contributed by atoms with Crippen LogP contribution in [0.15, 0.2) is 30.5 Å². The van der Waals surface area contributed by atoms with Crippen molar-refractivity contribution in [3.8, 4) is 0 Å². The molecule has 18 heavy (non-hydrogen) atoms. The van der Waals surface area contributed by atoms with Crippen molar-refractivity contribution in [2.45, 2.75) is 6.92 Å². The molecule has 0 saturated heterocycles. The molecule has 94 valence electrons. The Morgan fingerprint density at radius 1 is 1.56 bits per heavy atom. The summed E-state index contributed by atoms with van der Waals surface area (Å²) >= 11 is 0. The van der Waals surface area contributed by atoms with Crippen molar-refractivity contribution >= 4 is 23.5 Å². The first-order valence-electron chi connectivity index (χ1n) is 5.72. The number of aliphatic carboxylic acids is 1. The Labute approximate surface area is 105 Å². The van der Waals surface area contributed by atoms with Crippen LogP contribution < -0.4 is 4.90 Å². The molecule has 2 aromatic heterocycles. The quantitative estimate of drug-likeness (QED) is 0.836. The zero-order valence-corrected chi connectivity index (χ0v) is 10.4. The van der Waals surface area contributed by atoms with E-state index in [2.05, 4.69) is 4.98 Å². The Bertz CT molecular complexity index is 601. The third kappa shape index (κ3) is 2.20. The van der Waals surface area contributed by atoms with E-state index < -0.39 is 5.97 Å². The van der Waals surface area contributed by atoms with Gasteiger partial charge in [-0.3, -0.25) is 4.40 Å². The molecule has 5 heteroatoms. The van der Waals surface area contributed by atoms with Crippen LogP contribution >= 0.6 is 0 Å². The molecule has 1 N–H and O–H groups in total. The van der Waals surface area contributed by atoms with Crippen LogP contribution in [0.2, 0.25) is 0 Å². The fourth-order valence-electron chi connectivity index (χ4n) is 1.74. The minimum absolute atomic E-state index is 0.775. The van der Waals surface area contributed by atoms with Crippen LogP contribution in [-0.4, -0.2) is 34.1 Å². The number of rotatable bonds is 4. The van der Waals surface area contributed by atoms with Crippen LogP contribution in [0, 0.1) is 0 Å². The summed E-state index contributed by atoms with van der Waals surface area (Å²) in [6.07, 6.45) is 4.57. The lowest BCUT2D eigenvalue weighted by atomic mass is 10.3. The smallest absolute Gasteiger partial charge is 0.328 e. The van der Waals surface area contributed by atoms with E-state index in [1.165, 1.54) is 0 Å². The number of imidazole rings is 1. The van der Waals surface area contributed by atoms with Crippen LogP contribution in [0.4, 0.5) is 5.82 Å². The number of nitrogens with zero attached hydrogens (tertiary/aromatic N) is 3. The molecule has 0 amide bonds. The number of pyridine rings is 1. The summed E-state index contributed by atoms with van der Waals surface area (Å²) in [6.45, 7) is 2.83. The molecule has 0 unspecified atom stereocenters. The van der Waals surface area contributed by atoms with Crippen molar-refractivity contribution in [1.82, 2.24) is 9.38 Å². The SMILES string of the molecule is CCN(C)c1nc2ccccn2c1/C=C/C(=O)O. The van der Waals surface area contributed by atoms with Crippen molar-refractivity contribution in [1.29, 1.82) is 0 Å². The first kappa shape index (κ1) is 12.2. The number of carboxylic acids is 1. The van der Waals surface area contributed by atoms with E-state index in [4.69, 9.17) is 5.11 Å². The Balaban J connectivity index is 2.61. The Kier molecular flexibility index (Phi) is 3.32. The molecule has 5 nitrogen and oxygen atoms in total. The minimum atomic E-state index is -0.967. The Morgan fingerprint density at radius 3 is 3.00 bits per heavy atom. The van der Waals surface area contributed by atoms with Crippen LogP contribution in [0.5, 0.6) is 0 Å². The predicted octanol–water partition coefficient (Wildman–Crippen LogP) is 1.89. The number of hydrogen-bond donors (Lipinski definition) is 1. The van der Waals surface area contributed by atoms with Gasteiger partial charge in [0, 0.05) is 25.9 Å². The third-order valence-electron chi connectivity index (χ3n) is 2.77. The summed E-state index contributed by atoms with van der Waals surface area (Å²) < 4.78 is 1.88. The second-order valence-corrected chi connectivity index (χ2v) is 3.94. The number of hydrogen-bond acceptors (Lipinski definition) is 3. The van der Waals surface area contributed by atoms with E-state index in [1.54, 1.807) is 6.08 Å². The number of fused-ring (bicyclic) bond motifs is 1. The average Bonchev–Trinajstić information content (AvgIpc) is 2.74. The normalized spacial score (nSPS) is 11.2. The average molecular weight is 245 g/mol. The lowest BCUT2D eigenvalue weighted by Crippen LogP contribution is -2.17. The molecule has 2 heterocycles. The maximum Gasteiger partial charge on any atom is 0.328 e. The van der Waals surface area contributed by atoms with Crippen LogP contribution in [-0.2, 0) is 4.79 Å². The summed E-state index contributed by atoms with van der Waals surface area (Å²) in [5, 5.41) is 8.74. The van der Waals surface area contributed by atoms with E-state index in [0.29, 0.717) is 0 Å². The van der Waals surface area contributed by atoms with Crippen LogP contribution in [0.25, 0.3) is 11.7 Å². The molecular formula is C13H15N3O2. The summed E-state index contributed by atoms with van der Waals surface area (Å²) in [6, 6.07) is 5.69. The van der Waals surface area contributed by atoms with Gasteiger partial charge in [0.25, 0.3) is 0 Å². The molecule has 0 radical (unpaired) electrons. The number of carboxylic acid groups (broad SMARTS) is 1. The van der Waals surface area contributed by atoms with Gasteiger partial charge in [0.05, 0.1) is 5.69 Å². The highest BCUT2D eigenvalue weighted by Crippen LogP contribution is 2.21. The van der Waals surface area contributed by atoms with E-state index >= 15 is 0 Å². The zero-order valence-electron chi connectivity index (χ0n) is 10.4. The molecule has 0 saturated carbocycles. The highest BCUT2D eigenvalue weighted by atomic mass is 16.4. The Morgan fingerprint density at radius 2 is 2.33 bits per heavy atom. The maximum absolute atomic E-state index is 10.7. The fourth-order valence-corrected chi connectivity index (χ4v) is 1.74. The highest BCUT2D eigenvalue weighted by Gasteiger charge is 2.12. The number of carbonyl (C=O) groups is 1. The van der Waals surface area contributed by atoms with E-state index in [1.807, 2.05) is 47.7 Å². The summed E-state index contributed by atoms with van der Waals surface area (Å²) in [5.41, 5.74) is 1.58. The summed E-state index contributed by atoms with van der Waals surface area (Å²) in [7, 11) is 1.93. The second-order valence-electron chi connectivity index (χ2n) is 3.94. The lowest BCUT2D eigenvalue weighted by molar-refractivity contribution is -0.131. The Hall–Kier alpha value is -2.30. The molecule has 0 bridgehead atoms. The van der Waals surface area contributed by atoms with Gasteiger partial charge in [0.1, 0.15) is 5.65 Å². The van der Waals surface area contributed by atoms with Crippen molar-refractivity contribution in [2.75, 3.05) is 18.5 Å². The summed E-state index contributed by atoms with van der Waals surface area (Å²) in [5.74, 6) is -0.188. The van der Waals surface area contributed by atoms with Crippen LogP contribution in [0.1, 0.15) is 12.6 Å². The molecule has 0 spiro atoms. The van der Waals surface area contributed by atoms with Gasteiger partial charge >= 0.3 is 5.97 Å². The zero-order chi connectivity index (χ0) is 13.1. The van der Waals surface area contributed by atoms with Gasteiger partial charge in [-0.15, -0.1) is 0 Å². The van der Waals surface area contributed by atoms with Crippen molar-refractivity contribution in [3.63, 3.8) is 0 Å². The van der Waals surface area contributed by atoms with Gasteiger partial charge in [-0.1, -0.05) is 6.07 Å². The lowest BCUT2D eigenvalue weighted by Gasteiger charge is -2.14. The van der Waals surface area contributed by atoms with Crippen molar-refractivity contribution in [2.24, 2.45) is 0 Å². The molecule has 0 aliphatic heterocycles. The molecule has 0 atom stereocenters. The first-order valence-corrected chi connectivity index (χ1v) is 5.72. The summed E-state index contributed by atoms with van der Waals surface area (Å²) in [4.78, 5) is 17.1. The molecule has 2 rings (SSSR count).